The van der Waals surface area contributed by atoms with Crippen LogP contribution >= 0.6 is 0 Å². The Morgan fingerprint density at radius 3 is 2.81 bits per heavy atom. The summed E-state index contributed by atoms with van der Waals surface area (Å²) in [5, 5.41) is 0. The van der Waals surface area contributed by atoms with Crippen molar-refractivity contribution in [3.63, 3.8) is 0 Å². The number of piperazine rings is 1. The van der Waals surface area contributed by atoms with Crippen molar-refractivity contribution in [1.29, 1.82) is 0 Å². The van der Waals surface area contributed by atoms with Crippen molar-refractivity contribution in [2.45, 2.75) is 6.54 Å². The predicted octanol–water partition coefficient (Wildman–Crippen LogP) is 0.999. The zero-order valence-corrected chi connectivity index (χ0v) is 15.1. The Morgan fingerprint density at radius 1 is 1.30 bits per heavy atom. The molecule has 0 bridgehead atoms. The molecule has 4 rings (SSSR count). The lowest BCUT2D eigenvalue weighted by Crippen LogP contribution is -2.50. The maximum atomic E-state index is 12.5. The molecule has 0 saturated carbocycles. The molecule has 1 aromatic heterocycles. The van der Waals surface area contributed by atoms with Crippen LogP contribution in [0.4, 0.5) is 0 Å². The predicted molar refractivity (Wildman–Crippen MR) is 101 cm³/mol. The summed E-state index contributed by atoms with van der Waals surface area (Å²) in [5.74, 6) is 0.954. The van der Waals surface area contributed by atoms with Crippen LogP contribution in [0.25, 0.3) is 11.0 Å². The highest BCUT2D eigenvalue weighted by Gasteiger charge is 2.26. The number of H-pyrrole nitrogens is 1. The molecule has 1 unspecified atom stereocenters. The number of aliphatic imine (C=N–C) groups is 1. The van der Waals surface area contributed by atoms with E-state index in [2.05, 4.69) is 19.9 Å². The average Bonchev–Trinajstić information content (AvgIpc) is 3.10. The van der Waals surface area contributed by atoms with Crippen LogP contribution < -0.4 is 4.74 Å². The van der Waals surface area contributed by atoms with Crippen LogP contribution in [0.1, 0.15) is 5.82 Å². The van der Waals surface area contributed by atoms with Gasteiger partial charge in [-0.2, -0.15) is 0 Å². The number of aromatic nitrogens is 2. The van der Waals surface area contributed by atoms with Gasteiger partial charge in [0.1, 0.15) is 11.6 Å². The van der Waals surface area contributed by atoms with Gasteiger partial charge in [-0.1, -0.05) is 6.08 Å². The van der Waals surface area contributed by atoms with E-state index in [1.54, 1.807) is 13.2 Å². The molecule has 2 amide bonds. The first-order valence-electron chi connectivity index (χ1n) is 8.92. The second kappa shape index (κ2) is 7.32. The van der Waals surface area contributed by atoms with E-state index in [1.807, 2.05) is 23.1 Å². The molecule has 1 atom stereocenters. The summed E-state index contributed by atoms with van der Waals surface area (Å²) < 4.78 is 5.24. The van der Waals surface area contributed by atoms with Gasteiger partial charge in [0.15, 0.2) is 0 Å². The number of carbonyl (C=O) groups excluding carboxylic acids is 2. The minimum Gasteiger partial charge on any atom is -0.497 e. The number of nitrogens with zero attached hydrogens (tertiary/aromatic N) is 4. The van der Waals surface area contributed by atoms with Crippen molar-refractivity contribution >= 4 is 29.1 Å². The number of benzene rings is 1. The summed E-state index contributed by atoms with van der Waals surface area (Å²) in [4.78, 5) is 39.4. The Kier molecular flexibility index (Phi) is 4.72. The van der Waals surface area contributed by atoms with Crippen LogP contribution in [0.5, 0.6) is 5.75 Å². The monoisotopic (exact) mass is 367 g/mol. The highest BCUT2D eigenvalue weighted by Crippen LogP contribution is 2.19. The number of dihydropyridines is 1. The Morgan fingerprint density at radius 2 is 2.11 bits per heavy atom. The lowest BCUT2D eigenvalue weighted by atomic mass is 10.1. The molecule has 0 aliphatic carbocycles. The minimum atomic E-state index is -0.431. The molecular formula is C19H21N5O3. The smallest absolute Gasteiger partial charge is 0.269 e. The van der Waals surface area contributed by atoms with E-state index < -0.39 is 5.92 Å². The number of rotatable bonds is 4. The second-order valence-corrected chi connectivity index (χ2v) is 6.67. The van der Waals surface area contributed by atoms with E-state index in [0.717, 1.165) is 35.7 Å². The maximum absolute atomic E-state index is 12.5. The Labute approximate surface area is 156 Å². The quantitative estimate of drug-likeness (QED) is 0.871. The summed E-state index contributed by atoms with van der Waals surface area (Å²) in [6.45, 7) is 3.56. The third kappa shape index (κ3) is 3.75. The average molecular weight is 367 g/mol. The molecule has 8 nitrogen and oxygen atoms in total. The van der Waals surface area contributed by atoms with Crippen LogP contribution in [0, 0.1) is 5.92 Å². The summed E-state index contributed by atoms with van der Waals surface area (Å²) in [6, 6.07) is 5.77. The Balaban J connectivity index is 1.34. The summed E-state index contributed by atoms with van der Waals surface area (Å²) in [6.07, 6.45) is 4.40. The molecule has 0 radical (unpaired) electrons. The van der Waals surface area contributed by atoms with Crippen LogP contribution in [-0.4, -0.2) is 71.1 Å². The van der Waals surface area contributed by atoms with Crippen molar-refractivity contribution in [2.75, 3.05) is 33.3 Å². The van der Waals surface area contributed by atoms with Gasteiger partial charge >= 0.3 is 0 Å². The van der Waals surface area contributed by atoms with Crippen LogP contribution in [0.2, 0.25) is 0 Å². The summed E-state index contributed by atoms with van der Waals surface area (Å²) >= 11 is 0. The first-order valence-corrected chi connectivity index (χ1v) is 8.92. The maximum Gasteiger partial charge on any atom is 0.269 e. The summed E-state index contributed by atoms with van der Waals surface area (Å²) in [7, 11) is 1.64. The molecule has 140 valence electrons. The van der Waals surface area contributed by atoms with Crippen molar-refractivity contribution in [3.8, 4) is 5.75 Å². The zero-order chi connectivity index (χ0) is 18.8. The van der Waals surface area contributed by atoms with Gasteiger partial charge in [0, 0.05) is 44.5 Å². The van der Waals surface area contributed by atoms with Crippen LogP contribution in [-0.2, 0) is 16.1 Å². The van der Waals surface area contributed by atoms with Gasteiger partial charge < -0.3 is 14.6 Å². The van der Waals surface area contributed by atoms with E-state index >= 15 is 0 Å². The molecule has 3 heterocycles. The standard InChI is InChI=1S/C19H21N5O3/c1-27-14-3-4-15-16(10-14)22-17(21-15)12-23-6-8-24(9-7-23)19(26)13-2-5-18(25)20-11-13/h2-5,10-11,13H,6-9,12H2,1H3,(H,21,22). The van der Waals surface area contributed by atoms with Gasteiger partial charge in [-0.3, -0.25) is 14.5 Å². The molecule has 0 spiro atoms. The van der Waals surface area contributed by atoms with Gasteiger partial charge in [-0.25, -0.2) is 9.98 Å². The van der Waals surface area contributed by atoms with Gasteiger partial charge in [-0.15, -0.1) is 0 Å². The number of hydrogen-bond acceptors (Lipinski definition) is 5. The number of hydrogen-bond donors (Lipinski definition) is 1. The van der Waals surface area contributed by atoms with Gasteiger partial charge in [-0.05, 0) is 12.1 Å². The van der Waals surface area contributed by atoms with E-state index in [1.165, 1.54) is 12.3 Å². The topological polar surface area (TPSA) is 90.9 Å². The number of methoxy groups -OCH3 is 1. The number of ether oxygens (including phenoxy) is 1. The molecule has 8 heteroatoms. The molecule has 2 aliphatic rings. The van der Waals surface area contributed by atoms with E-state index in [4.69, 9.17) is 4.74 Å². The van der Waals surface area contributed by atoms with E-state index in [9.17, 15) is 9.59 Å². The van der Waals surface area contributed by atoms with E-state index in [0.29, 0.717) is 19.6 Å². The fraction of sp³-hybridized carbons (Fsp3) is 0.368. The highest BCUT2D eigenvalue weighted by atomic mass is 16.5. The Hall–Kier alpha value is -3.00. The fourth-order valence-corrected chi connectivity index (χ4v) is 3.37. The lowest BCUT2D eigenvalue weighted by Gasteiger charge is -2.35. The van der Waals surface area contributed by atoms with Crippen molar-refractivity contribution in [1.82, 2.24) is 19.8 Å². The number of aromatic amines is 1. The van der Waals surface area contributed by atoms with Crippen LogP contribution in [0.15, 0.2) is 35.3 Å². The number of carbonyl (C=O) groups is 2. The van der Waals surface area contributed by atoms with Crippen molar-refractivity contribution < 1.29 is 14.3 Å². The van der Waals surface area contributed by atoms with Crippen molar-refractivity contribution in [2.24, 2.45) is 10.9 Å². The first-order chi connectivity index (χ1) is 13.1. The number of imidazole rings is 1. The highest BCUT2D eigenvalue weighted by molar-refractivity contribution is 6.05. The molecular weight excluding hydrogens is 346 g/mol. The second-order valence-electron chi connectivity index (χ2n) is 6.67. The molecule has 27 heavy (non-hydrogen) atoms. The number of amides is 2. The minimum absolute atomic E-state index is 0.00187. The normalized spacial score (nSPS) is 20.4. The zero-order valence-electron chi connectivity index (χ0n) is 15.1. The lowest BCUT2D eigenvalue weighted by molar-refractivity contribution is -0.133. The third-order valence-electron chi connectivity index (χ3n) is 4.89. The fourth-order valence-electron chi connectivity index (χ4n) is 3.37. The molecule has 1 aromatic carbocycles. The third-order valence-corrected chi connectivity index (χ3v) is 4.89. The van der Waals surface area contributed by atoms with E-state index in [-0.39, 0.29) is 11.8 Å². The molecule has 1 fully saturated rings. The van der Waals surface area contributed by atoms with Gasteiger partial charge in [0.25, 0.3) is 5.91 Å². The molecule has 1 N–H and O–H groups in total. The van der Waals surface area contributed by atoms with Gasteiger partial charge in [0.2, 0.25) is 5.91 Å². The van der Waals surface area contributed by atoms with Crippen molar-refractivity contribution in [3.05, 3.63) is 36.2 Å². The molecule has 2 aromatic rings. The number of fused-ring (bicyclic) bond motifs is 1. The van der Waals surface area contributed by atoms with Gasteiger partial charge in [0.05, 0.1) is 30.6 Å². The largest absolute Gasteiger partial charge is 0.497 e. The number of nitrogens with one attached hydrogen (secondary N) is 1. The molecule has 2 aliphatic heterocycles. The molecule has 1 saturated heterocycles. The summed E-state index contributed by atoms with van der Waals surface area (Å²) in [5.41, 5.74) is 1.87. The van der Waals surface area contributed by atoms with Crippen LogP contribution in [0.3, 0.4) is 0 Å². The Bertz CT molecular complexity index is 909. The SMILES string of the molecule is COc1ccc2nc(CN3CCN(C(=O)C4C=CC(=O)N=C4)CC3)[nH]c2c1. The first kappa shape index (κ1) is 17.4.